The van der Waals surface area contributed by atoms with Crippen molar-refractivity contribution in [2.24, 2.45) is 23.1 Å². The lowest BCUT2D eigenvalue weighted by molar-refractivity contribution is -0.142. The molecule has 0 saturated carbocycles. The van der Waals surface area contributed by atoms with Crippen LogP contribution in [0.4, 0.5) is 0 Å². The first-order chi connectivity index (χ1) is 39.8. The lowest BCUT2D eigenvalue weighted by atomic mass is 10.0. The molecule has 0 fully saturated rings. The molecule has 2 aromatic rings. The summed E-state index contributed by atoms with van der Waals surface area (Å²) in [6.45, 7) is 3.83. The van der Waals surface area contributed by atoms with Crippen LogP contribution in [0.1, 0.15) is 77.5 Å². The van der Waals surface area contributed by atoms with Crippen molar-refractivity contribution >= 4 is 82.9 Å². The number of carbonyl (C=O) groups is 14. The first-order valence-corrected chi connectivity index (χ1v) is 26.3. The van der Waals surface area contributed by atoms with Crippen LogP contribution >= 0.6 is 0 Å². The number of aromatic nitrogens is 2. The van der Waals surface area contributed by atoms with Gasteiger partial charge >= 0.3 is 17.9 Å². The van der Waals surface area contributed by atoms with E-state index < -0.39 is 194 Å². The van der Waals surface area contributed by atoms with Gasteiger partial charge in [-0.25, -0.2) is 4.98 Å². The molecule has 0 bridgehead atoms. The lowest BCUT2D eigenvalue weighted by Crippen LogP contribution is -2.62. The number of carboxylic acid groups (broad SMARTS) is 3. The van der Waals surface area contributed by atoms with E-state index in [2.05, 4.69) is 57.8 Å². The zero-order chi connectivity index (χ0) is 64.2. The molecule has 0 radical (unpaired) electrons. The minimum atomic E-state index is -2.18. The Kier molecular flexibility index (Phi) is 30.1. The van der Waals surface area contributed by atoms with Crippen molar-refractivity contribution in [1.29, 1.82) is 0 Å². The number of nitrogens with two attached hydrogens (primary N) is 3. The Morgan fingerprint density at radius 1 is 0.529 bits per heavy atom. The normalized spacial score (nSPS) is 14.9. The average Bonchev–Trinajstić information content (AvgIpc) is 4.08. The highest BCUT2D eigenvalue weighted by Crippen LogP contribution is 2.13. The van der Waals surface area contributed by atoms with Crippen LogP contribution in [0.5, 0.6) is 5.75 Å². The van der Waals surface area contributed by atoms with E-state index in [1.807, 2.05) is 5.32 Å². The largest absolute Gasteiger partial charge is 0.508 e. The quantitative estimate of drug-likeness (QED) is 0.0278. The van der Waals surface area contributed by atoms with Gasteiger partial charge in [0.05, 0.1) is 50.4 Å². The zero-order valence-electron chi connectivity index (χ0n) is 46.7. The second kappa shape index (κ2) is 35.6. The van der Waals surface area contributed by atoms with Gasteiger partial charge in [-0.1, -0.05) is 32.4 Å². The second-order valence-electron chi connectivity index (χ2n) is 19.8. The first kappa shape index (κ1) is 71.8. The number of H-pyrrole nitrogens is 1. The van der Waals surface area contributed by atoms with Crippen molar-refractivity contribution in [1.82, 2.24) is 63.1 Å². The summed E-state index contributed by atoms with van der Waals surface area (Å²) in [6.07, 6.45) is -4.07. The molecule has 0 unspecified atom stereocenters. The molecule has 2 rings (SSSR count). The number of imidazole rings is 1. The number of unbranched alkanes of at least 4 members (excludes halogenated alkanes) is 1. The number of nitrogens with zero attached hydrogens (tertiary/aromatic N) is 1. The van der Waals surface area contributed by atoms with Crippen molar-refractivity contribution in [3.63, 3.8) is 0 Å². The summed E-state index contributed by atoms with van der Waals surface area (Å²) < 4.78 is 0. The molecule has 35 nitrogen and oxygen atoms in total. The van der Waals surface area contributed by atoms with Gasteiger partial charge in [0.25, 0.3) is 0 Å². The number of benzene rings is 1. The molecular weight excluding hydrogens is 1130 g/mol. The topological polar surface area (TPSA) is 587 Å². The summed E-state index contributed by atoms with van der Waals surface area (Å²) in [5, 5.41) is 81.4. The Morgan fingerprint density at radius 3 is 1.45 bits per heavy atom. The molecule has 0 aliphatic rings. The van der Waals surface area contributed by atoms with Crippen LogP contribution in [0.25, 0.3) is 0 Å². The third kappa shape index (κ3) is 26.2. The standard InChI is InChI=1S/C50H75N15O20/c1-22(2)39(63-42(77)28(52)7-5-6-12-51)48(83)55-19-35(70)58-32(16-36(71)72)46(81)64-40(23(3)66)49(84)61-29(13-25-8-10-27(68)11-9-25)44(79)59-31(15-34(53)69)45(80)60-33(17-37(73)74)47(82)65-41(24(4)67)50(85)62-30(14-26-18-54-21-57-26)43(78)56-20-38(75)76/h8-11,18,21-24,28-33,39-41,66-68H,5-7,12-17,19-20,51-52H2,1-4H3,(H2,53,69)(H,54,57)(H,55,83)(H,56,78)(H,58,70)(H,59,79)(H,60,80)(H,61,84)(H,62,85)(H,63,77)(H,64,81)(H,65,82)(H,71,72)(H,73,74)(H,75,76)/t23-,24-,28+,29+,30+,31+,32+,33+,39+,40+,41+/m1/s1. The summed E-state index contributed by atoms with van der Waals surface area (Å²) in [6, 6.07) is -11.0. The molecule has 1 heterocycles. The number of hydrogen-bond acceptors (Lipinski definition) is 20. The van der Waals surface area contributed by atoms with Crippen LogP contribution in [0.2, 0.25) is 0 Å². The summed E-state index contributed by atoms with van der Waals surface area (Å²) in [4.78, 5) is 189. The Morgan fingerprint density at radius 2 is 0.988 bits per heavy atom. The van der Waals surface area contributed by atoms with Crippen LogP contribution in [-0.2, 0) is 80.0 Å². The number of hydrogen-bond donors (Lipinski definition) is 20. The summed E-state index contributed by atoms with van der Waals surface area (Å²) in [5.74, 6) is -18.8. The van der Waals surface area contributed by atoms with Gasteiger partial charge < -0.3 is 106 Å². The maximum absolute atomic E-state index is 14.2. The molecule has 0 spiro atoms. The van der Waals surface area contributed by atoms with Gasteiger partial charge in [-0.05, 0) is 56.8 Å². The molecule has 11 atom stereocenters. The zero-order valence-corrected chi connectivity index (χ0v) is 46.7. The lowest BCUT2D eigenvalue weighted by Gasteiger charge is -2.28. The molecular formula is C50H75N15O20. The Labute approximate surface area is 484 Å². The number of phenols is 1. The van der Waals surface area contributed by atoms with E-state index in [0.29, 0.717) is 19.4 Å². The van der Waals surface area contributed by atoms with Crippen molar-refractivity contribution in [3.8, 4) is 5.75 Å². The highest BCUT2D eigenvalue weighted by Gasteiger charge is 2.38. The number of aliphatic hydroxyl groups is 2. The van der Waals surface area contributed by atoms with E-state index in [-0.39, 0.29) is 29.8 Å². The smallest absolute Gasteiger partial charge is 0.322 e. The van der Waals surface area contributed by atoms with Gasteiger partial charge in [-0.3, -0.25) is 67.1 Å². The van der Waals surface area contributed by atoms with Crippen molar-refractivity contribution in [2.45, 2.75) is 146 Å². The average molecular weight is 1210 g/mol. The summed E-state index contributed by atoms with van der Waals surface area (Å²) in [5.41, 5.74) is 17.3. The van der Waals surface area contributed by atoms with E-state index >= 15 is 0 Å². The van der Waals surface area contributed by atoms with Crippen LogP contribution in [0.3, 0.4) is 0 Å². The number of rotatable bonds is 38. The SMILES string of the molecule is CC(C)[C@H](NC(=O)[C@@H](N)CCCCN)C(=O)NCC(=O)N[C@@H](CC(=O)O)C(=O)N[C@H](C(=O)N[C@@H](Cc1ccc(O)cc1)C(=O)N[C@@H](CC(N)=O)C(=O)N[C@@H](CC(=O)O)C(=O)N[C@H](C(=O)N[C@@H](Cc1cnc[nH]1)C(=O)NCC(=O)O)[C@@H](C)O)[C@@H](C)O. The van der Waals surface area contributed by atoms with E-state index in [0.717, 1.165) is 13.8 Å². The van der Waals surface area contributed by atoms with E-state index in [1.165, 1.54) is 36.8 Å². The van der Waals surface area contributed by atoms with Crippen molar-refractivity contribution in [3.05, 3.63) is 48.0 Å². The number of carbonyl (C=O) groups excluding carboxylic acids is 11. The van der Waals surface area contributed by atoms with E-state index in [4.69, 9.17) is 22.3 Å². The molecule has 470 valence electrons. The van der Waals surface area contributed by atoms with Gasteiger partial charge in [0, 0.05) is 24.7 Å². The number of primary amides is 1. The molecule has 35 heteroatoms. The summed E-state index contributed by atoms with van der Waals surface area (Å²) in [7, 11) is 0. The Hall–Kier alpha value is -9.35. The number of nitrogens with one attached hydrogen (secondary N) is 11. The Bertz CT molecular complexity index is 2670. The number of aromatic amines is 1. The Balaban J connectivity index is 2.40. The predicted octanol–water partition coefficient (Wildman–Crippen LogP) is -8.21. The van der Waals surface area contributed by atoms with Gasteiger partial charge in [-0.15, -0.1) is 0 Å². The fourth-order valence-electron chi connectivity index (χ4n) is 7.71. The number of phenolic OH excluding ortho intramolecular Hbond substituents is 1. The van der Waals surface area contributed by atoms with Gasteiger partial charge in [0.1, 0.15) is 60.6 Å². The molecule has 1 aromatic heterocycles. The predicted molar refractivity (Wildman–Crippen MR) is 291 cm³/mol. The maximum Gasteiger partial charge on any atom is 0.322 e. The number of aliphatic carboxylic acids is 3. The van der Waals surface area contributed by atoms with Crippen LogP contribution in [-0.4, -0.2) is 210 Å². The third-order valence-corrected chi connectivity index (χ3v) is 12.2. The monoisotopic (exact) mass is 1210 g/mol. The highest BCUT2D eigenvalue weighted by atomic mass is 16.4. The molecule has 0 saturated heterocycles. The molecule has 23 N–H and O–H groups in total. The molecule has 11 amide bonds. The van der Waals surface area contributed by atoms with Gasteiger partial charge in [0.15, 0.2) is 0 Å². The highest BCUT2D eigenvalue weighted by molar-refractivity contribution is 6.00. The van der Waals surface area contributed by atoms with Crippen molar-refractivity contribution in [2.75, 3.05) is 19.6 Å². The molecule has 0 aliphatic carbocycles. The number of aliphatic hydroxyl groups excluding tert-OH is 2. The number of amides is 11. The fourth-order valence-corrected chi connectivity index (χ4v) is 7.71. The van der Waals surface area contributed by atoms with Crippen molar-refractivity contribution < 1.29 is 97.8 Å². The minimum absolute atomic E-state index is 0.190. The first-order valence-electron chi connectivity index (χ1n) is 26.3. The fraction of sp³-hybridized carbons (Fsp3) is 0.540. The summed E-state index contributed by atoms with van der Waals surface area (Å²) >= 11 is 0. The number of aromatic hydroxyl groups is 1. The van der Waals surface area contributed by atoms with E-state index in [1.54, 1.807) is 13.8 Å². The van der Waals surface area contributed by atoms with Gasteiger partial charge in [-0.2, -0.15) is 0 Å². The second-order valence-corrected chi connectivity index (χ2v) is 19.8. The molecule has 0 aliphatic heterocycles. The van der Waals surface area contributed by atoms with Crippen LogP contribution in [0.15, 0.2) is 36.8 Å². The number of carboxylic acids is 3. The molecule has 1 aromatic carbocycles. The van der Waals surface area contributed by atoms with E-state index in [9.17, 15) is 92.7 Å². The van der Waals surface area contributed by atoms with Gasteiger partial charge in [0.2, 0.25) is 65.0 Å². The van der Waals surface area contributed by atoms with Crippen LogP contribution < -0.4 is 70.4 Å². The molecule has 85 heavy (non-hydrogen) atoms. The third-order valence-electron chi connectivity index (χ3n) is 12.2. The van der Waals surface area contributed by atoms with Crippen LogP contribution in [0, 0.1) is 5.92 Å². The minimum Gasteiger partial charge on any atom is -0.508 e. The maximum atomic E-state index is 14.2.